The number of nitrogens with one attached hydrogen (secondary N) is 1. The predicted molar refractivity (Wildman–Crippen MR) is 88.0 cm³/mol. The molecule has 1 saturated heterocycles. The van der Waals surface area contributed by atoms with Gasteiger partial charge in [0.05, 0.1) is 18.6 Å². The maximum absolute atomic E-state index is 12.1. The molecule has 0 saturated carbocycles. The lowest BCUT2D eigenvalue weighted by molar-refractivity contribution is -0.153. The van der Waals surface area contributed by atoms with E-state index in [9.17, 15) is 14.3 Å². The zero-order valence-corrected chi connectivity index (χ0v) is 15.3. The number of carbonyl (C=O) groups excluding carboxylic acids is 1. The standard InChI is InChI=1S/C13H27N2O5PS/c1-13(2,4-5-15-6-8-19-9-7-15)12(16)20-10-11-22-21(17,18)14-3/h4-11H2,1-3H3,(H2,14,17,18). The fourth-order valence-corrected chi connectivity index (χ4v) is 3.81. The van der Waals surface area contributed by atoms with E-state index >= 15 is 0 Å². The number of carbonyl (C=O) groups is 1. The van der Waals surface area contributed by atoms with Crippen molar-refractivity contribution in [1.29, 1.82) is 0 Å². The first-order valence-corrected chi connectivity index (χ1v) is 10.7. The Morgan fingerprint density at radius 3 is 2.68 bits per heavy atom. The summed E-state index contributed by atoms with van der Waals surface area (Å²) < 4.78 is 21.9. The molecule has 1 heterocycles. The zero-order chi connectivity index (χ0) is 16.6. The highest BCUT2D eigenvalue weighted by atomic mass is 32.7. The van der Waals surface area contributed by atoms with E-state index in [0.717, 1.165) is 44.2 Å². The van der Waals surface area contributed by atoms with Crippen molar-refractivity contribution in [3.05, 3.63) is 0 Å². The van der Waals surface area contributed by atoms with Crippen LogP contribution in [-0.2, 0) is 18.8 Å². The van der Waals surface area contributed by atoms with E-state index in [2.05, 4.69) is 9.99 Å². The highest BCUT2D eigenvalue weighted by Gasteiger charge is 2.30. The van der Waals surface area contributed by atoms with E-state index in [4.69, 9.17) is 9.47 Å². The molecule has 22 heavy (non-hydrogen) atoms. The van der Waals surface area contributed by atoms with Crippen LogP contribution in [-0.4, -0.2) is 68.0 Å². The van der Waals surface area contributed by atoms with Crippen molar-refractivity contribution in [2.45, 2.75) is 20.3 Å². The molecule has 1 rings (SSSR count). The van der Waals surface area contributed by atoms with Gasteiger partial charge in [-0.25, -0.2) is 5.09 Å². The lowest BCUT2D eigenvalue weighted by Crippen LogP contribution is -2.39. The Hall–Kier alpha value is -0.110. The van der Waals surface area contributed by atoms with E-state index in [1.807, 2.05) is 13.8 Å². The molecular weight excluding hydrogens is 327 g/mol. The molecule has 1 unspecified atom stereocenters. The molecular formula is C13H27N2O5PS. The van der Waals surface area contributed by atoms with Crippen LogP contribution in [0.25, 0.3) is 0 Å². The summed E-state index contributed by atoms with van der Waals surface area (Å²) in [4.78, 5) is 23.7. The summed E-state index contributed by atoms with van der Waals surface area (Å²) in [5.74, 6) is 0.0264. The van der Waals surface area contributed by atoms with Crippen molar-refractivity contribution < 1.29 is 23.7 Å². The van der Waals surface area contributed by atoms with Gasteiger partial charge in [0.1, 0.15) is 6.61 Å². The van der Waals surface area contributed by atoms with Gasteiger partial charge in [0.15, 0.2) is 0 Å². The minimum Gasteiger partial charge on any atom is -0.464 e. The van der Waals surface area contributed by atoms with Crippen LogP contribution in [0.15, 0.2) is 0 Å². The Balaban J connectivity index is 2.25. The number of hydrogen-bond acceptors (Lipinski definition) is 6. The third kappa shape index (κ3) is 7.44. The van der Waals surface area contributed by atoms with Crippen molar-refractivity contribution in [2.24, 2.45) is 5.41 Å². The Labute approximate surface area is 136 Å². The number of morpholine rings is 1. The first-order chi connectivity index (χ1) is 10.3. The molecule has 9 heteroatoms. The molecule has 0 radical (unpaired) electrons. The maximum atomic E-state index is 12.1. The SMILES string of the molecule is CNP(=O)(O)SCCOC(=O)C(C)(C)CCN1CCOCC1. The van der Waals surface area contributed by atoms with Crippen LogP contribution < -0.4 is 5.09 Å². The Kier molecular flexibility index (Phi) is 8.38. The van der Waals surface area contributed by atoms with E-state index in [-0.39, 0.29) is 12.6 Å². The lowest BCUT2D eigenvalue weighted by Gasteiger charge is -2.30. The largest absolute Gasteiger partial charge is 0.464 e. The topological polar surface area (TPSA) is 88.1 Å². The fraction of sp³-hybridized carbons (Fsp3) is 0.923. The molecule has 0 aromatic heterocycles. The summed E-state index contributed by atoms with van der Waals surface area (Å²) in [7, 11) is 1.43. The second-order valence-corrected chi connectivity index (χ2v) is 10.2. The van der Waals surface area contributed by atoms with Gasteiger partial charge in [-0.3, -0.25) is 14.3 Å². The Morgan fingerprint density at radius 2 is 2.09 bits per heavy atom. The third-order valence-electron chi connectivity index (χ3n) is 3.57. The minimum atomic E-state index is -3.35. The molecule has 0 amide bonds. The monoisotopic (exact) mass is 354 g/mol. The summed E-state index contributed by atoms with van der Waals surface area (Å²) in [6.07, 6.45) is 0.716. The second-order valence-electron chi connectivity index (χ2n) is 5.80. The second kappa shape index (κ2) is 9.25. The highest BCUT2D eigenvalue weighted by Crippen LogP contribution is 2.49. The summed E-state index contributed by atoms with van der Waals surface area (Å²) in [6.45, 7) is 4.65. The van der Waals surface area contributed by atoms with Gasteiger partial charge in [0.2, 0.25) is 0 Å². The maximum Gasteiger partial charge on any atom is 0.323 e. The molecule has 1 atom stereocenters. The predicted octanol–water partition coefficient (Wildman–Crippen LogP) is 1.33. The van der Waals surface area contributed by atoms with Gasteiger partial charge in [0.25, 0.3) is 0 Å². The Bertz CT molecular complexity index is 402. The van der Waals surface area contributed by atoms with Crippen molar-refractivity contribution in [3.8, 4) is 0 Å². The number of rotatable bonds is 9. The van der Waals surface area contributed by atoms with Crippen LogP contribution in [0.1, 0.15) is 20.3 Å². The fourth-order valence-electron chi connectivity index (χ4n) is 1.92. The molecule has 0 aliphatic carbocycles. The van der Waals surface area contributed by atoms with E-state index < -0.39 is 12.1 Å². The molecule has 7 nitrogen and oxygen atoms in total. The molecule has 1 aliphatic rings. The van der Waals surface area contributed by atoms with Crippen LogP contribution in [0.2, 0.25) is 0 Å². The van der Waals surface area contributed by atoms with Crippen LogP contribution in [0.4, 0.5) is 0 Å². The van der Waals surface area contributed by atoms with Gasteiger partial charge in [-0.1, -0.05) is 11.4 Å². The molecule has 1 aliphatic heterocycles. The first kappa shape index (κ1) is 19.9. The molecule has 1 fully saturated rings. The van der Waals surface area contributed by atoms with Crippen molar-refractivity contribution in [3.63, 3.8) is 0 Å². The third-order valence-corrected chi connectivity index (χ3v) is 6.98. The molecule has 130 valence electrons. The van der Waals surface area contributed by atoms with Gasteiger partial charge in [-0.05, 0) is 33.9 Å². The van der Waals surface area contributed by atoms with Crippen LogP contribution >= 0.6 is 18.1 Å². The zero-order valence-electron chi connectivity index (χ0n) is 13.5. The number of ether oxygens (including phenoxy) is 2. The summed E-state index contributed by atoms with van der Waals surface area (Å²) in [6, 6.07) is 0. The van der Waals surface area contributed by atoms with Gasteiger partial charge in [-0.2, -0.15) is 0 Å². The van der Waals surface area contributed by atoms with Crippen LogP contribution in [0.5, 0.6) is 0 Å². The highest BCUT2D eigenvalue weighted by molar-refractivity contribution is 8.55. The summed E-state index contributed by atoms with van der Waals surface area (Å²) >= 11 is 0.868. The lowest BCUT2D eigenvalue weighted by atomic mass is 9.89. The van der Waals surface area contributed by atoms with Crippen LogP contribution in [0, 0.1) is 5.41 Å². The van der Waals surface area contributed by atoms with Gasteiger partial charge in [-0.15, -0.1) is 0 Å². The minimum absolute atomic E-state index is 0.136. The van der Waals surface area contributed by atoms with Crippen LogP contribution in [0.3, 0.4) is 0 Å². The van der Waals surface area contributed by atoms with Crippen molar-refractivity contribution in [1.82, 2.24) is 9.99 Å². The van der Waals surface area contributed by atoms with Gasteiger partial charge in [0, 0.05) is 18.8 Å². The normalized spacial score (nSPS) is 19.6. The van der Waals surface area contributed by atoms with Gasteiger partial charge >= 0.3 is 12.7 Å². The molecule has 2 N–H and O–H groups in total. The average Bonchev–Trinajstić information content (AvgIpc) is 2.50. The van der Waals surface area contributed by atoms with Gasteiger partial charge < -0.3 is 14.4 Å². The average molecular weight is 354 g/mol. The molecule has 0 bridgehead atoms. The number of nitrogens with zero attached hydrogens (tertiary/aromatic N) is 1. The smallest absolute Gasteiger partial charge is 0.323 e. The summed E-state index contributed by atoms with van der Waals surface area (Å²) in [5, 5.41) is 2.33. The van der Waals surface area contributed by atoms with Crippen molar-refractivity contribution >= 4 is 24.1 Å². The molecule has 0 aromatic carbocycles. The Morgan fingerprint density at radius 1 is 1.45 bits per heavy atom. The molecule has 0 aromatic rings. The summed E-state index contributed by atoms with van der Waals surface area (Å²) in [5.41, 5.74) is -0.561. The first-order valence-electron chi connectivity index (χ1n) is 7.40. The van der Waals surface area contributed by atoms with E-state index in [1.165, 1.54) is 7.05 Å². The van der Waals surface area contributed by atoms with E-state index in [1.54, 1.807) is 0 Å². The van der Waals surface area contributed by atoms with Crippen molar-refractivity contribution in [2.75, 3.05) is 52.3 Å². The molecule has 0 spiro atoms. The van der Waals surface area contributed by atoms with E-state index in [0.29, 0.717) is 12.2 Å². The number of esters is 1. The quantitative estimate of drug-likeness (QED) is 0.364. The number of hydrogen-bond donors (Lipinski definition) is 2.